The lowest BCUT2D eigenvalue weighted by Crippen LogP contribution is -2.42. The molecule has 1 atom stereocenters. The van der Waals surface area contributed by atoms with Crippen LogP contribution in [0, 0.1) is 11.3 Å². The van der Waals surface area contributed by atoms with Gasteiger partial charge in [-0.1, -0.05) is 6.07 Å². The highest BCUT2D eigenvalue weighted by Gasteiger charge is 2.30. The molecule has 8 nitrogen and oxygen atoms in total. The second-order valence-corrected chi connectivity index (χ2v) is 6.86. The van der Waals surface area contributed by atoms with E-state index < -0.39 is 0 Å². The lowest BCUT2D eigenvalue weighted by Gasteiger charge is -2.33. The maximum Gasteiger partial charge on any atom is 0.254 e. The van der Waals surface area contributed by atoms with E-state index in [0.29, 0.717) is 36.5 Å². The Balaban J connectivity index is 1.47. The van der Waals surface area contributed by atoms with Gasteiger partial charge in [0.05, 0.1) is 49.1 Å². The molecule has 0 radical (unpaired) electrons. The van der Waals surface area contributed by atoms with Crippen LogP contribution in [0.15, 0.2) is 59.3 Å². The first-order valence-corrected chi connectivity index (χ1v) is 9.25. The Morgan fingerprint density at radius 3 is 2.97 bits per heavy atom. The van der Waals surface area contributed by atoms with Crippen molar-refractivity contribution in [2.45, 2.75) is 25.6 Å². The molecular weight excluding hydrogens is 370 g/mol. The Kier molecular flexibility index (Phi) is 5.12. The fourth-order valence-corrected chi connectivity index (χ4v) is 3.48. The Labute approximate surface area is 167 Å². The van der Waals surface area contributed by atoms with Crippen molar-refractivity contribution in [3.05, 3.63) is 77.5 Å². The molecule has 1 aliphatic rings. The third-order valence-corrected chi connectivity index (χ3v) is 4.87. The first-order chi connectivity index (χ1) is 14.1. The molecule has 2 amide bonds. The van der Waals surface area contributed by atoms with Gasteiger partial charge in [-0.15, -0.1) is 0 Å². The zero-order valence-corrected chi connectivity index (χ0v) is 15.6. The number of carbonyl (C=O) groups excluding carboxylic acids is 2. The number of aromatic nitrogens is 2. The lowest BCUT2D eigenvalue weighted by atomic mass is 10.1. The largest absolute Gasteiger partial charge is 0.467 e. The van der Waals surface area contributed by atoms with Crippen molar-refractivity contribution in [3.63, 3.8) is 0 Å². The molecule has 2 aromatic heterocycles. The van der Waals surface area contributed by atoms with Crippen LogP contribution < -0.4 is 5.32 Å². The summed E-state index contributed by atoms with van der Waals surface area (Å²) in [5, 5.41) is 16.2. The van der Waals surface area contributed by atoms with E-state index in [4.69, 9.17) is 9.68 Å². The van der Waals surface area contributed by atoms with Gasteiger partial charge in [0.15, 0.2) is 0 Å². The fourth-order valence-electron chi connectivity index (χ4n) is 3.48. The molecule has 0 bridgehead atoms. The van der Waals surface area contributed by atoms with Crippen LogP contribution in [0.5, 0.6) is 0 Å². The van der Waals surface area contributed by atoms with Gasteiger partial charge in [-0.3, -0.25) is 14.3 Å². The number of nitrogens with zero attached hydrogens (tertiary/aromatic N) is 4. The second kappa shape index (κ2) is 8.02. The fraction of sp³-hybridized carbons (Fsp3) is 0.238. The van der Waals surface area contributed by atoms with Crippen LogP contribution in [0.3, 0.4) is 0 Å². The van der Waals surface area contributed by atoms with Crippen LogP contribution in [-0.2, 0) is 17.9 Å². The van der Waals surface area contributed by atoms with Gasteiger partial charge in [-0.05, 0) is 36.4 Å². The molecule has 0 fully saturated rings. The smallest absolute Gasteiger partial charge is 0.254 e. The van der Waals surface area contributed by atoms with Crippen molar-refractivity contribution < 1.29 is 14.0 Å². The van der Waals surface area contributed by atoms with Gasteiger partial charge in [0.2, 0.25) is 5.91 Å². The molecule has 0 unspecified atom stereocenters. The summed E-state index contributed by atoms with van der Waals surface area (Å²) in [5.74, 6) is 0.361. The normalized spacial score (nSPS) is 15.4. The highest BCUT2D eigenvalue weighted by atomic mass is 16.3. The number of rotatable bonds is 5. The summed E-state index contributed by atoms with van der Waals surface area (Å²) in [4.78, 5) is 27.1. The monoisotopic (exact) mass is 389 g/mol. The molecule has 3 heterocycles. The average molecular weight is 389 g/mol. The summed E-state index contributed by atoms with van der Waals surface area (Å²) >= 11 is 0. The molecule has 146 valence electrons. The Bertz CT molecular complexity index is 1060. The number of carbonyl (C=O) groups is 2. The number of hydrogen-bond acceptors (Lipinski definition) is 5. The van der Waals surface area contributed by atoms with Crippen molar-refractivity contribution in [1.82, 2.24) is 20.0 Å². The van der Waals surface area contributed by atoms with Crippen LogP contribution in [-0.4, -0.2) is 33.0 Å². The SMILES string of the molecule is N#Cc1cccc(C(=O)N2Cc3ccnn3[C@H](CC(=O)NCc3ccco3)C2)c1. The third-order valence-electron chi connectivity index (χ3n) is 4.87. The Morgan fingerprint density at radius 1 is 1.28 bits per heavy atom. The van der Waals surface area contributed by atoms with E-state index in [2.05, 4.69) is 16.5 Å². The van der Waals surface area contributed by atoms with E-state index >= 15 is 0 Å². The molecule has 8 heteroatoms. The minimum atomic E-state index is -0.270. The summed E-state index contributed by atoms with van der Waals surface area (Å²) in [6.45, 7) is 1.08. The van der Waals surface area contributed by atoms with Gasteiger partial charge in [-0.2, -0.15) is 10.4 Å². The van der Waals surface area contributed by atoms with Gasteiger partial charge in [-0.25, -0.2) is 0 Å². The quantitative estimate of drug-likeness (QED) is 0.721. The maximum absolute atomic E-state index is 13.0. The predicted octanol–water partition coefficient (Wildman–Crippen LogP) is 2.25. The Hall–Kier alpha value is -3.86. The van der Waals surface area contributed by atoms with Crippen molar-refractivity contribution >= 4 is 11.8 Å². The minimum absolute atomic E-state index is 0.145. The predicted molar refractivity (Wildman–Crippen MR) is 102 cm³/mol. The average Bonchev–Trinajstić information content (AvgIpc) is 3.43. The number of nitrogens with one attached hydrogen (secondary N) is 1. The number of amides is 2. The molecule has 4 rings (SSSR count). The Morgan fingerprint density at radius 2 is 2.17 bits per heavy atom. The molecule has 1 aromatic carbocycles. The summed E-state index contributed by atoms with van der Waals surface area (Å²) in [7, 11) is 0. The van der Waals surface area contributed by atoms with Gasteiger partial charge < -0.3 is 14.6 Å². The molecule has 0 saturated heterocycles. The number of benzene rings is 1. The van der Waals surface area contributed by atoms with Gasteiger partial charge in [0.1, 0.15) is 5.76 Å². The highest BCUT2D eigenvalue weighted by molar-refractivity contribution is 5.94. The highest BCUT2D eigenvalue weighted by Crippen LogP contribution is 2.24. The topological polar surface area (TPSA) is 104 Å². The summed E-state index contributed by atoms with van der Waals surface area (Å²) in [6, 6.07) is 13.8. The lowest BCUT2D eigenvalue weighted by molar-refractivity contribution is -0.122. The maximum atomic E-state index is 13.0. The van der Waals surface area contributed by atoms with Crippen molar-refractivity contribution in [3.8, 4) is 6.07 Å². The van der Waals surface area contributed by atoms with E-state index in [0.717, 1.165) is 5.69 Å². The van der Waals surface area contributed by atoms with Crippen LogP contribution >= 0.6 is 0 Å². The molecule has 1 N–H and O–H groups in total. The third kappa shape index (κ3) is 4.04. The van der Waals surface area contributed by atoms with Crippen LogP contribution in [0.25, 0.3) is 0 Å². The molecule has 29 heavy (non-hydrogen) atoms. The van der Waals surface area contributed by atoms with E-state index in [1.807, 2.05) is 10.7 Å². The molecule has 0 spiro atoms. The van der Waals surface area contributed by atoms with Crippen LogP contribution in [0.4, 0.5) is 0 Å². The molecule has 0 saturated carbocycles. The van der Waals surface area contributed by atoms with E-state index in [-0.39, 0.29) is 24.3 Å². The number of nitriles is 1. The number of fused-ring (bicyclic) bond motifs is 1. The van der Waals surface area contributed by atoms with E-state index in [1.165, 1.54) is 0 Å². The zero-order chi connectivity index (χ0) is 20.2. The number of furan rings is 1. The van der Waals surface area contributed by atoms with Crippen molar-refractivity contribution in [2.24, 2.45) is 0 Å². The first kappa shape index (κ1) is 18.5. The van der Waals surface area contributed by atoms with Gasteiger partial charge in [0, 0.05) is 18.3 Å². The molecule has 0 aliphatic carbocycles. The second-order valence-electron chi connectivity index (χ2n) is 6.86. The zero-order valence-electron chi connectivity index (χ0n) is 15.6. The summed E-state index contributed by atoms with van der Waals surface area (Å²) in [5.41, 5.74) is 1.76. The summed E-state index contributed by atoms with van der Waals surface area (Å²) < 4.78 is 7.03. The molecule has 1 aliphatic heterocycles. The molecular formula is C21H19N5O3. The van der Waals surface area contributed by atoms with Crippen LogP contribution in [0.2, 0.25) is 0 Å². The number of hydrogen-bond donors (Lipinski definition) is 1. The summed E-state index contributed by atoms with van der Waals surface area (Å²) in [6.07, 6.45) is 3.42. The standard InChI is InChI=1S/C21H19N5O3/c22-11-15-3-1-4-16(9-15)21(28)25-13-17-6-7-24-26(17)18(14-25)10-20(27)23-12-19-5-2-8-29-19/h1-9,18H,10,12-14H2,(H,23,27)/t18-/m1/s1. The van der Waals surface area contributed by atoms with Gasteiger partial charge in [0.25, 0.3) is 5.91 Å². The minimum Gasteiger partial charge on any atom is -0.467 e. The van der Waals surface area contributed by atoms with Gasteiger partial charge >= 0.3 is 0 Å². The van der Waals surface area contributed by atoms with Crippen LogP contribution in [0.1, 0.15) is 39.8 Å². The van der Waals surface area contributed by atoms with Crippen molar-refractivity contribution in [2.75, 3.05) is 6.54 Å². The van der Waals surface area contributed by atoms with E-state index in [9.17, 15) is 9.59 Å². The first-order valence-electron chi connectivity index (χ1n) is 9.25. The van der Waals surface area contributed by atoms with E-state index in [1.54, 1.807) is 53.8 Å². The molecule has 3 aromatic rings. The van der Waals surface area contributed by atoms with Crippen molar-refractivity contribution in [1.29, 1.82) is 5.26 Å².